The van der Waals surface area contributed by atoms with Crippen molar-refractivity contribution in [1.29, 1.82) is 0 Å². The molecule has 0 bridgehead atoms. The summed E-state index contributed by atoms with van der Waals surface area (Å²) in [6.07, 6.45) is 0.515. The molecule has 0 aliphatic carbocycles. The fourth-order valence-corrected chi connectivity index (χ4v) is 1.53. The topological polar surface area (TPSA) is 95.7 Å². The number of non-ortho nitro benzene ring substituents is 1. The maximum atomic E-state index is 11.9. The Morgan fingerprint density at radius 1 is 1.42 bits per heavy atom. The van der Waals surface area contributed by atoms with E-state index in [1.807, 2.05) is 6.92 Å². The fraction of sp³-hybridized carbons (Fsp3) is 0.417. The maximum absolute atomic E-state index is 11.9. The molecule has 0 atom stereocenters. The molecule has 0 radical (unpaired) electrons. The number of nitro benzene ring substituents is 1. The van der Waals surface area contributed by atoms with Gasteiger partial charge in [-0.25, -0.2) is 4.79 Å². The Kier molecular flexibility index (Phi) is 5.74. The predicted octanol–water partition coefficient (Wildman–Crippen LogP) is 1.83. The van der Waals surface area contributed by atoms with Gasteiger partial charge in [0.25, 0.3) is 5.69 Å². The highest BCUT2D eigenvalue weighted by Crippen LogP contribution is 2.15. The van der Waals surface area contributed by atoms with Gasteiger partial charge in [0.1, 0.15) is 0 Å². The van der Waals surface area contributed by atoms with Crippen molar-refractivity contribution in [3.8, 4) is 0 Å². The summed E-state index contributed by atoms with van der Waals surface area (Å²) in [5.74, 6) is 0. The quantitative estimate of drug-likeness (QED) is 0.607. The second kappa shape index (κ2) is 7.32. The first kappa shape index (κ1) is 14.9. The Hall–Kier alpha value is -2.15. The van der Waals surface area contributed by atoms with Crippen molar-refractivity contribution in [2.24, 2.45) is 0 Å². The van der Waals surface area contributed by atoms with Gasteiger partial charge in [-0.05, 0) is 25.5 Å². The van der Waals surface area contributed by atoms with Crippen molar-refractivity contribution in [2.45, 2.75) is 13.3 Å². The van der Waals surface area contributed by atoms with Gasteiger partial charge < -0.3 is 15.3 Å². The molecule has 7 heteroatoms. The highest BCUT2D eigenvalue weighted by Gasteiger charge is 2.11. The average molecular weight is 267 g/mol. The van der Waals surface area contributed by atoms with Crippen LogP contribution < -0.4 is 5.32 Å². The van der Waals surface area contributed by atoms with E-state index in [0.29, 0.717) is 25.2 Å². The normalized spacial score (nSPS) is 10.0. The molecule has 0 fully saturated rings. The van der Waals surface area contributed by atoms with Crippen molar-refractivity contribution < 1.29 is 14.8 Å². The molecular weight excluding hydrogens is 250 g/mol. The second-order valence-corrected chi connectivity index (χ2v) is 3.89. The molecule has 1 rings (SSSR count). The summed E-state index contributed by atoms with van der Waals surface area (Å²) in [6, 6.07) is 5.34. The van der Waals surface area contributed by atoms with E-state index in [1.165, 1.54) is 24.3 Å². The number of nitrogens with one attached hydrogen (secondary N) is 1. The van der Waals surface area contributed by atoms with Gasteiger partial charge in [-0.3, -0.25) is 10.1 Å². The molecule has 1 aromatic carbocycles. The first-order chi connectivity index (χ1) is 9.08. The van der Waals surface area contributed by atoms with Gasteiger partial charge in [0, 0.05) is 37.5 Å². The lowest BCUT2D eigenvalue weighted by atomic mass is 10.3. The van der Waals surface area contributed by atoms with Crippen molar-refractivity contribution in [3.05, 3.63) is 34.4 Å². The van der Waals surface area contributed by atoms with Crippen LogP contribution in [-0.2, 0) is 0 Å². The molecule has 0 unspecified atom stereocenters. The lowest BCUT2D eigenvalue weighted by Crippen LogP contribution is -2.35. The van der Waals surface area contributed by atoms with E-state index in [1.54, 1.807) is 4.90 Å². The molecule has 19 heavy (non-hydrogen) atoms. The third kappa shape index (κ3) is 4.55. The Labute approximate surface area is 111 Å². The van der Waals surface area contributed by atoms with Crippen LogP contribution in [0.25, 0.3) is 0 Å². The zero-order valence-corrected chi connectivity index (χ0v) is 10.7. The van der Waals surface area contributed by atoms with Crippen LogP contribution in [0.15, 0.2) is 24.3 Å². The number of urea groups is 1. The number of hydrogen-bond donors (Lipinski definition) is 2. The van der Waals surface area contributed by atoms with Gasteiger partial charge in [0.15, 0.2) is 0 Å². The van der Waals surface area contributed by atoms with E-state index in [-0.39, 0.29) is 18.3 Å². The molecular formula is C12H17N3O4. The molecule has 1 aromatic rings. The van der Waals surface area contributed by atoms with Gasteiger partial charge in [0.2, 0.25) is 0 Å². The van der Waals surface area contributed by atoms with Crippen LogP contribution in [0.1, 0.15) is 13.3 Å². The van der Waals surface area contributed by atoms with Gasteiger partial charge in [-0.15, -0.1) is 0 Å². The van der Waals surface area contributed by atoms with Gasteiger partial charge in [0.05, 0.1) is 4.92 Å². The SMILES string of the molecule is CCN(CCCO)C(=O)Nc1ccc([N+](=O)[O-])cc1. The molecule has 2 amide bonds. The zero-order valence-electron chi connectivity index (χ0n) is 10.7. The monoisotopic (exact) mass is 267 g/mol. The summed E-state index contributed by atoms with van der Waals surface area (Å²) in [7, 11) is 0. The number of benzene rings is 1. The minimum absolute atomic E-state index is 0.0226. The standard InChI is InChI=1S/C12H17N3O4/c1-2-14(8-3-9-16)12(17)13-10-4-6-11(7-5-10)15(18)19/h4-7,16H,2-3,8-9H2,1H3,(H,13,17). The van der Waals surface area contributed by atoms with Gasteiger partial charge in [-0.1, -0.05) is 0 Å². The van der Waals surface area contributed by atoms with Crippen molar-refractivity contribution in [3.63, 3.8) is 0 Å². The first-order valence-corrected chi connectivity index (χ1v) is 5.99. The number of rotatable bonds is 6. The van der Waals surface area contributed by atoms with Crippen molar-refractivity contribution >= 4 is 17.4 Å². The van der Waals surface area contributed by atoms with Crippen molar-refractivity contribution in [1.82, 2.24) is 4.90 Å². The number of nitrogens with zero attached hydrogens (tertiary/aromatic N) is 2. The molecule has 0 spiro atoms. The number of aliphatic hydroxyl groups is 1. The number of anilines is 1. The number of nitro groups is 1. The number of carbonyl (C=O) groups excluding carboxylic acids is 1. The summed E-state index contributed by atoms with van der Waals surface area (Å²) in [5, 5.41) is 21.9. The lowest BCUT2D eigenvalue weighted by Gasteiger charge is -2.20. The van der Waals surface area contributed by atoms with Crippen LogP contribution in [0.5, 0.6) is 0 Å². The molecule has 2 N–H and O–H groups in total. The number of hydrogen-bond acceptors (Lipinski definition) is 4. The van der Waals surface area contributed by atoms with Crippen LogP contribution in [0.4, 0.5) is 16.2 Å². The van der Waals surface area contributed by atoms with Gasteiger partial charge in [-0.2, -0.15) is 0 Å². The lowest BCUT2D eigenvalue weighted by molar-refractivity contribution is -0.384. The van der Waals surface area contributed by atoms with Crippen LogP contribution in [-0.4, -0.2) is 40.7 Å². The van der Waals surface area contributed by atoms with Crippen LogP contribution >= 0.6 is 0 Å². The van der Waals surface area contributed by atoms with Crippen LogP contribution in [0, 0.1) is 10.1 Å². The predicted molar refractivity (Wildman–Crippen MR) is 71.1 cm³/mol. The van der Waals surface area contributed by atoms with Crippen LogP contribution in [0.2, 0.25) is 0 Å². The van der Waals surface area contributed by atoms with E-state index in [0.717, 1.165) is 0 Å². The van der Waals surface area contributed by atoms with E-state index in [2.05, 4.69) is 5.32 Å². The maximum Gasteiger partial charge on any atom is 0.321 e. The van der Waals surface area contributed by atoms with Crippen LogP contribution in [0.3, 0.4) is 0 Å². The molecule has 0 aromatic heterocycles. The minimum Gasteiger partial charge on any atom is -0.396 e. The summed E-state index contributed by atoms with van der Waals surface area (Å²) >= 11 is 0. The summed E-state index contributed by atoms with van der Waals surface area (Å²) in [4.78, 5) is 23.4. The molecule has 0 heterocycles. The summed E-state index contributed by atoms with van der Waals surface area (Å²) in [5.41, 5.74) is 0.476. The van der Waals surface area contributed by atoms with Gasteiger partial charge >= 0.3 is 6.03 Å². The number of aliphatic hydroxyl groups excluding tert-OH is 1. The molecule has 0 aliphatic rings. The van der Waals surface area contributed by atoms with E-state index in [4.69, 9.17) is 5.11 Å². The Bertz CT molecular complexity index is 433. The Balaban J connectivity index is 2.62. The molecule has 104 valence electrons. The van der Waals surface area contributed by atoms with Crippen molar-refractivity contribution in [2.75, 3.05) is 25.0 Å². The molecule has 0 saturated carbocycles. The minimum atomic E-state index is -0.495. The third-order valence-corrected chi connectivity index (χ3v) is 2.58. The van der Waals surface area contributed by atoms with E-state index >= 15 is 0 Å². The number of carbonyl (C=O) groups is 1. The zero-order chi connectivity index (χ0) is 14.3. The molecule has 0 saturated heterocycles. The molecule has 0 aliphatic heterocycles. The summed E-state index contributed by atoms with van der Waals surface area (Å²) in [6.45, 7) is 2.86. The Morgan fingerprint density at radius 3 is 2.53 bits per heavy atom. The summed E-state index contributed by atoms with van der Waals surface area (Å²) < 4.78 is 0. The number of amides is 2. The van der Waals surface area contributed by atoms with E-state index in [9.17, 15) is 14.9 Å². The largest absolute Gasteiger partial charge is 0.396 e. The average Bonchev–Trinajstić information content (AvgIpc) is 2.40. The van der Waals surface area contributed by atoms with E-state index < -0.39 is 4.92 Å². The Morgan fingerprint density at radius 2 is 2.05 bits per heavy atom. The molecule has 7 nitrogen and oxygen atoms in total. The first-order valence-electron chi connectivity index (χ1n) is 5.99. The fourth-order valence-electron chi connectivity index (χ4n) is 1.53. The highest BCUT2D eigenvalue weighted by molar-refractivity contribution is 5.89. The highest BCUT2D eigenvalue weighted by atomic mass is 16.6. The second-order valence-electron chi connectivity index (χ2n) is 3.89. The smallest absolute Gasteiger partial charge is 0.321 e. The third-order valence-electron chi connectivity index (χ3n) is 2.58.